The number of aliphatic hydroxyl groups is 1. The quantitative estimate of drug-likeness (QED) is 0.730. The minimum Gasteiger partial charge on any atom is -0.483 e. The summed E-state index contributed by atoms with van der Waals surface area (Å²) in [7, 11) is 3.15. The molecule has 0 fully saturated rings. The summed E-state index contributed by atoms with van der Waals surface area (Å²) < 4.78 is 12.6. The molecule has 0 unspecified atom stereocenters. The van der Waals surface area contributed by atoms with Crippen LogP contribution >= 0.6 is 22.6 Å². The van der Waals surface area contributed by atoms with E-state index in [1.54, 1.807) is 14.2 Å². The Morgan fingerprint density at radius 2 is 1.75 bits per heavy atom. The zero-order chi connectivity index (χ0) is 15.1. The van der Waals surface area contributed by atoms with Crippen LogP contribution in [0.1, 0.15) is 26.7 Å². The monoisotopic (exact) mass is 394 g/mol. The van der Waals surface area contributed by atoms with Crippen LogP contribution in [0, 0.1) is 5.92 Å². The van der Waals surface area contributed by atoms with Gasteiger partial charge in [-0.25, -0.2) is 9.98 Å². The van der Waals surface area contributed by atoms with Gasteiger partial charge in [0.15, 0.2) is 6.04 Å². The van der Waals surface area contributed by atoms with Gasteiger partial charge in [0.05, 0.1) is 20.3 Å². The molecule has 1 N–H and O–H groups in total. The number of ether oxygens (including phenoxy) is 2. The van der Waals surface area contributed by atoms with Crippen molar-refractivity contribution >= 4 is 34.4 Å². The fourth-order valence-electron chi connectivity index (χ4n) is 2.06. The molecule has 1 aliphatic heterocycles. The van der Waals surface area contributed by atoms with E-state index in [0.29, 0.717) is 18.2 Å². The second-order valence-corrected chi connectivity index (χ2v) is 5.70. The number of methoxy groups -OCH3 is 2. The molecule has 1 heterocycles. The molecule has 114 valence electrons. The van der Waals surface area contributed by atoms with Crippen LogP contribution < -0.4 is 0 Å². The first-order valence-corrected chi connectivity index (χ1v) is 7.96. The molecule has 1 aliphatic rings. The molecule has 0 amide bonds. The van der Waals surface area contributed by atoms with Gasteiger partial charge in [-0.05, 0) is 22.8 Å². The summed E-state index contributed by atoms with van der Waals surface area (Å²) in [5.41, 5.74) is 0. The summed E-state index contributed by atoms with van der Waals surface area (Å²) in [5.74, 6) is 1.31. The van der Waals surface area contributed by atoms with Crippen LogP contribution in [-0.2, 0) is 9.47 Å². The van der Waals surface area contributed by atoms with Crippen LogP contribution in [0.3, 0.4) is 0 Å². The number of aliphatic hydroxyl groups excluding tert-OH is 1. The number of hydrogen-bond donors (Lipinski definition) is 1. The van der Waals surface area contributed by atoms with Gasteiger partial charge in [-0.15, -0.1) is 0 Å². The highest BCUT2D eigenvalue weighted by molar-refractivity contribution is 14.1. The molecule has 0 saturated heterocycles. The summed E-state index contributed by atoms with van der Waals surface area (Å²) in [6, 6.07) is -0.625. The van der Waals surface area contributed by atoms with Crippen molar-refractivity contribution in [3.63, 3.8) is 0 Å². The molecular formula is C14H23IN2O3. The van der Waals surface area contributed by atoms with Gasteiger partial charge in [-0.2, -0.15) is 0 Å². The van der Waals surface area contributed by atoms with Crippen molar-refractivity contribution in [2.24, 2.45) is 15.9 Å². The number of aliphatic imine (C=N–C) groups is 2. The Morgan fingerprint density at radius 1 is 1.20 bits per heavy atom. The van der Waals surface area contributed by atoms with Crippen molar-refractivity contribution in [1.29, 1.82) is 0 Å². The van der Waals surface area contributed by atoms with E-state index in [-0.39, 0.29) is 12.0 Å². The Balaban J connectivity index is 2.88. The Kier molecular flexibility index (Phi) is 7.50. The van der Waals surface area contributed by atoms with E-state index in [2.05, 4.69) is 46.4 Å². The smallest absolute Gasteiger partial charge is 0.212 e. The number of rotatable bonds is 5. The van der Waals surface area contributed by atoms with Crippen molar-refractivity contribution in [2.75, 3.05) is 14.2 Å². The molecule has 6 heteroatoms. The molecule has 20 heavy (non-hydrogen) atoms. The fraction of sp³-hybridized carbons (Fsp3) is 0.714. The molecule has 3 atom stereocenters. The van der Waals surface area contributed by atoms with E-state index in [9.17, 15) is 5.11 Å². The lowest BCUT2D eigenvalue weighted by molar-refractivity contribution is 0.145. The van der Waals surface area contributed by atoms with E-state index in [1.807, 2.05) is 10.2 Å². The third-order valence-electron chi connectivity index (χ3n) is 3.17. The van der Waals surface area contributed by atoms with Crippen LogP contribution in [0.4, 0.5) is 0 Å². The zero-order valence-electron chi connectivity index (χ0n) is 12.4. The Morgan fingerprint density at radius 3 is 2.25 bits per heavy atom. The van der Waals surface area contributed by atoms with E-state index in [1.165, 1.54) is 0 Å². The molecule has 0 radical (unpaired) electrons. The Bertz CT molecular complexity index is 394. The van der Waals surface area contributed by atoms with E-state index in [4.69, 9.17) is 9.47 Å². The summed E-state index contributed by atoms with van der Waals surface area (Å²) in [6.07, 6.45) is 2.79. The lowest BCUT2D eigenvalue weighted by Gasteiger charge is -2.29. The van der Waals surface area contributed by atoms with Gasteiger partial charge in [0.2, 0.25) is 11.8 Å². The number of nitrogens with zero attached hydrogens (tertiary/aromatic N) is 2. The first-order valence-electron chi connectivity index (χ1n) is 6.71. The first kappa shape index (κ1) is 17.4. The largest absolute Gasteiger partial charge is 0.483 e. The average Bonchev–Trinajstić information content (AvgIpc) is 2.45. The van der Waals surface area contributed by atoms with Gasteiger partial charge in [0.1, 0.15) is 6.04 Å². The second-order valence-electron chi connectivity index (χ2n) is 4.98. The summed E-state index contributed by atoms with van der Waals surface area (Å²) in [6.45, 7) is 4.11. The topological polar surface area (TPSA) is 63.4 Å². The summed E-state index contributed by atoms with van der Waals surface area (Å²) in [5, 5.41) is 10.3. The molecule has 0 bridgehead atoms. The minimum atomic E-state index is -0.625. The molecule has 0 aliphatic carbocycles. The summed E-state index contributed by atoms with van der Waals surface area (Å²) in [4.78, 5) is 9.04. The van der Waals surface area contributed by atoms with Gasteiger partial charge in [0.25, 0.3) is 0 Å². The normalized spacial score (nSPS) is 24.6. The van der Waals surface area contributed by atoms with Gasteiger partial charge >= 0.3 is 0 Å². The third-order valence-corrected chi connectivity index (χ3v) is 3.68. The van der Waals surface area contributed by atoms with E-state index < -0.39 is 12.1 Å². The van der Waals surface area contributed by atoms with Crippen molar-refractivity contribution in [3.05, 3.63) is 10.2 Å². The number of allylic oxidation sites excluding steroid dienone is 1. The standard InChI is InChI=1S/C14H23IN2O3/c1-9(2)11-13(19-3)17-12(14(16-11)20-4)10(18)7-5-6-8-15/h6,8-12,18H,5,7H2,1-4H3/t10-,11+,12-/m0/s1. The lowest BCUT2D eigenvalue weighted by atomic mass is 10.00. The maximum atomic E-state index is 10.3. The van der Waals surface area contributed by atoms with Crippen LogP contribution in [0.25, 0.3) is 0 Å². The SMILES string of the molecule is COC1=N[C@H](C(C)C)C(OC)=N[C@H]1[C@@H](O)CCC=CI. The molecular weight excluding hydrogens is 371 g/mol. The molecule has 0 aromatic rings. The molecule has 0 aromatic carbocycles. The predicted octanol–water partition coefficient (Wildman–Crippen LogP) is 2.57. The van der Waals surface area contributed by atoms with Gasteiger partial charge in [-0.3, -0.25) is 0 Å². The third kappa shape index (κ3) is 4.44. The summed E-state index contributed by atoms with van der Waals surface area (Å²) >= 11 is 2.16. The molecule has 0 spiro atoms. The maximum Gasteiger partial charge on any atom is 0.212 e. The highest BCUT2D eigenvalue weighted by Crippen LogP contribution is 2.20. The molecule has 0 saturated carbocycles. The van der Waals surface area contributed by atoms with Gasteiger partial charge in [0, 0.05) is 0 Å². The van der Waals surface area contributed by atoms with Crippen molar-refractivity contribution in [3.8, 4) is 0 Å². The highest BCUT2D eigenvalue weighted by Gasteiger charge is 2.34. The number of hydrogen-bond acceptors (Lipinski definition) is 5. The van der Waals surface area contributed by atoms with E-state index >= 15 is 0 Å². The Labute approximate surface area is 134 Å². The van der Waals surface area contributed by atoms with Gasteiger partial charge in [-0.1, -0.05) is 42.5 Å². The molecule has 0 aromatic heterocycles. The lowest BCUT2D eigenvalue weighted by Crippen LogP contribution is -2.42. The number of halogens is 1. The highest BCUT2D eigenvalue weighted by atomic mass is 127. The van der Waals surface area contributed by atoms with Gasteiger partial charge < -0.3 is 14.6 Å². The Hall–Kier alpha value is -0.630. The zero-order valence-corrected chi connectivity index (χ0v) is 14.6. The van der Waals surface area contributed by atoms with Crippen LogP contribution in [0.5, 0.6) is 0 Å². The molecule has 1 rings (SSSR count). The first-order chi connectivity index (χ1) is 9.54. The van der Waals surface area contributed by atoms with E-state index in [0.717, 1.165) is 6.42 Å². The average molecular weight is 394 g/mol. The van der Waals surface area contributed by atoms with Crippen LogP contribution in [-0.4, -0.2) is 49.3 Å². The van der Waals surface area contributed by atoms with Crippen molar-refractivity contribution in [1.82, 2.24) is 0 Å². The maximum absolute atomic E-state index is 10.3. The van der Waals surface area contributed by atoms with Crippen molar-refractivity contribution < 1.29 is 14.6 Å². The second kappa shape index (κ2) is 8.61. The minimum absolute atomic E-state index is 0.146. The molecule has 5 nitrogen and oxygen atoms in total. The van der Waals surface area contributed by atoms with Crippen molar-refractivity contribution in [2.45, 2.75) is 44.9 Å². The van der Waals surface area contributed by atoms with Crippen LogP contribution in [0.2, 0.25) is 0 Å². The fourth-order valence-corrected chi connectivity index (χ4v) is 2.42. The predicted molar refractivity (Wildman–Crippen MR) is 89.7 cm³/mol. The van der Waals surface area contributed by atoms with Crippen LogP contribution in [0.15, 0.2) is 20.1 Å².